The highest BCUT2D eigenvalue weighted by Gasteiger charge is 2.72. The molecule has 1 aromatic carbocycles. The van der Waals surface area contributed by atoms with Crippen LogP contribution in [0.25, 0.3) is 0 Å². The highest BCUT2D eigenvalue weighted by Crippen LogP contribution is 2.77. The van der Waals surface area contributed by atoms with Gasteiger partial charge in [0.1, 0.15) is 0 Å². The molecule has 232 valence electrons. The van der Waals surface area contributed by atoms with Crippen molar-refractivity contribution in [3.05, 3.63) is 48.0 Å². The average Bonchev–Trinajstić information content (AvgIpc) is 3.37. The molecule has 5 aliphatic rings. The summed E-state index contributed by atoms with van der Waals surface area (Å²) in [5.74, 6) is 1.01. The third-order valence-corrected chi connectivity index (χ3v) is 15.0. The number of aliphatic hydroxyl groups excluding tert-OH is 2. The van der Waals surface area contributed by atoms with Crippen LogP contribution in [0.5, 0.6) is 0 Å². The molecular weight excluding hydrogens is 522 g/mol. The summed E-state index contributed by atoms with van der Waals surface area (Å²) in [6.07, 6.45) is 9.15. The van der Waals surface area contributed by atoms with Crippen molar-refractivity contribution in [2.24, 2.45) is 56.7 Å². The van der Waals surface area contributed by atoms with Gasteiger partial charge in [-0.25, -0.2) is 0 Å². The number of carboxylic acids is 1. The van der Waals surface area contributed by atoms with Crippen molar-refractivity contribution in [1.29, 1.82) is 0 Å². The Kier molecular flexibility index (Phi) is 7.55. The van der Waals surface area contributed by atoms with Crippen molar-refractivity contribution in [3.63, 3.8) is 0 Å². The Bertz CT molecular complexity index is 1200. The lowest BCUT2D eigenvalue weighted by molar-refractivity contribution is -0.254. The third kappa shape index (κ3) is 4.08. The molecule has 5 heteroatoms. The lowest BCUT2D eigenvalue weighted by Gasteiger charge is -2.72. The van der Waals surface area contributed by atoms with Gasteiger partial charge in [0.05, 0.1) is 18.1 Å². The molecule has 4 unspecified atom stereocenters. The molecule has 4 N–H and O–H groups in total. The van der Waals surface area contributed by atoms with Crippen LogP contribution in [0.1, 0.15) is 97.5 Å². The van der Waals surface area contributed by atoms with E-state index in [1.165, 1.54) is 11.1 Å². The van der Waals surface area contributed by atoms with Crippen LogP contribution in [0.2, 0.25) is 0 Å². The third-order valence-electron chi connectivity index (χ3n) is 15.0. The van der Waals surface area contributed by atoms with Crippen LogP contribution in [-0.4, -0.2) is 40.5 Å². The van der Waals surface area contributed by atoms with E-state index in [1.807, 2.05) is 6.07 Å². The van der Waals surface area contributed by atoms with E-state index in [0.29, 0.717) is 17.8 Å². The number of carbonyl (C=O) groups is 1. The van der Waals surface area contributed by atoms with Gasteiger partial charge >= 0.3 is 5.97 Å². The Balaban J connectivity index is 1.29. The first-order chi connectivity index (χ1) is 19.9. The number of carboxylic acid groups (broad SMARTS) is 1. The second-order valence-electron chi connectivity index (χ2n) is 16.3. The zero-order valence-electron chi connectivity index (χ0n) is 26.5. The molecule has 0 aromatic heterocycles. The van der Waals surface area contributed by atoms with E-state index in [4.69, 9.17) is 0 Å². The summed E-state index contributed by atoms with van der Waals surface area (Å²) in [5, 5.41) is 36.0. The minimum absolute atomic E-state index is 0.0447. The molecule has 5 nitrogen and oxygen atoms in total. The molecule has 42 heavy (non-hydrogen) atoms. The van der Waals surface area contributed by atoms with Gasteiger partial charge in [0.25, 0.3) is 0 Å². The van der Waals surface area contributed by atoms with Crippen molar-refractivity contribution in [1.82, 2.24) is 5.32 Å². The molecule has 5 saturated carbocycles. The first-order valence-electron chi connectivity index (χ1n) is 16.8. The highest BCUT2D eigenvalue weighted by molar-refractivity contribution is 5.76. The smallest absolute Gasteiger partial charge is 0.309 e. The largest absolute Gasteiger partial charge is 0.481 e. The van der Waals surface area contributed by atoms with E-state index in [2.05, 4.69) is 63.9 Å². The van der Waals surface area contributed by atoms with Gasteiger partial charge in [0.15, 0.2) is 0 Å². The number of hydrogen-bond donors (Lipinski definition) is 4. The number of aliphatic carboxylic acids is 1. The summed E-state index contributed by atoms with van der Waals surface area (Å²) < 4.78 is 0. The van der Waals surface area contributed by atoms with E-state index >= 15 is 0 Å². The van der Waals surface area contributed by atoms with Gasteiger partial charge in [-0.15, -0.1) is 0 Å². The number of fused-ring (bicyclic) bond motifs is 7. The van der Waals surface area contributed by atoms with Gasteiger partial charge in [0.2, 0.25) is 0 Å². The predicted molar refractivity (Wildman–Crippen MR) is 166 cm³/mol. The van der Waals surface area contributed by atoms with Crippen LogP contribution in [-0.2, 0) is 11.3 Å². The minimum atomic E-state index is -0.633. The molecule has 0 aliphatic heterocycles. The second kappa shape index (κ2) is 10.4. The van der Waals surface area contributed by atoms with Gasteiger partial charge in [-0.2, -0.15) is 0 Å². The lowest BCUT2D eigenvalue weighted by Crippen LogP contribution is -2.67. The van der Waals surface area contributed by atoms with Crippen LogP contribution in [0.15, 0.2) is 42.5 Å². The molecule has 5 fully saturated rings. The van der Waals surface area contributed by atoms with Crippen LogP contribution in [0, 0.1) is 56.7 Å². The zero-order valence-corrected chi connectivity index (χ0v) is 26.5. The Morgan fingerprint density at radius 2 is 1.64 bits per heavy atom. The molecule has 1 aromatic rings. The van der Waals surface area contributed by atoms with E-state index in [9.17, 15) is 20.1 Å². The Hall–Kier alpha value is -1.69. The lowest BCUT2D eigenvalue weighted by atomic mass is 9.32. The first-order valence-corrected chi connectivity index (χ1v) is 16.8. The number of benzene rings is 1. The Morgan fingerprint density at radius 1 is 0.905 bits per heavy atom. The number of hydrogen-bond acceptors (Lipinski definition) is 4. The molecule has 11 atom stereocenters. The van der Waals surface area contributed by atoms with Gasteiger partial charge in [-0.05, 0) is 116 Å². The summed E-state index contributed by atoms with van der Waals surface area (Å²) in [6, 6.07) is 10.4. The molecule has 0 bridgehead atoms. The molecule has 0 saturated heterocycles. The molecule has 0 amide bonds. The van der Waals surface area contributed by atoms with E-state index in [1.54, 1.807) is 0 Å². The standard InChI is InChI=1S/C37H55NO4/c1-24(21-38-22-25-9-7-6-8-10-25)26-13-18-37(32(41)42)20-19-35(4)27(31(26)37)11-12-29-33(2)16-15-30(40)34(3,23-39)28(33)14-17-36(29,35)5/h6-10,26-31,38-40H,1,11-23H2,2-5H3,(H,41,42)/t26-,27?,28?,29?,30-,31?,33-,34-,35+,36+,37-/m0/s1. The quantitative estimate of drug-likeness (QED) is 0.267. The maximum Gasteiger partial charge on any atom is 0.309 e. The van der Waals surface area contributed by atoms with Crippen molar-refractivity contribution in [2.75, 3.05) is 13.2 Å². The molecule has 6 rings (SSSR count). The maximum atomic E-state index is 13.1. The van der Waals surface area contributed by atoms with Gasteiger partial charge < -0.3 is 20.6 Å². The van der Waals surface area contributed by atoms with Gasteiger partial charge in [-0.1, -0.05) is 70.2 Å². The summed E-state index contributed by atoms with van der Waals surface area (Å²) in [6.45, 7) is 15.9. The monoisotopic (exact) mass is 577 g/mol. The topological polar surface area (TPSA) is 89.8 Å². The second-order valence-corrected chi connectivity index (χ2v) is 16.3. The maximum absolute atomic E-state index is 13.1. The van der Waals surface area contributed by atoms with Crippen molar-refractivity contribution in [3.8, 4) is 0 Å². The average molecular weight is 578 g/mol. The van der Waals surface area contributed by atoms with Gasteiger partial charge in [-0.3, -0.25) is 4.79 Å². The molecule has 0 radical (unpaired) electrons. The fourth-order valence-electron chi connectivity index (χ4n) is 12.5. The molecule has 5 aliphatic carbocycles. The van der Waals surface area contributed by atoms with Crippen LogP contribution in [0.4, 0.5) is 0 Å². The van der Waals surface area contributed by atoms with E-state index in [-0.39, 0.29) is 34.7 Å². The summed E-state index contributed by atoms with van der Waals surface area (Å²) in [5.41, 5.74) is 1.63. The Morgan fingerprint density at radius 3 is 2.33 bits per heavy atom. The SMILES string of the molecule is C=C(CNCc1ccccc1)[C@@H]1CC[C@]2(C(=O)O)CC[C@]3(C)C(CCC4[C@@]5(C)CC[C@H](O)[C@@](C)(CO)C5CC[C@]43C)C12. The Labute approximate surface area is 253 Å². The predicted octanol–water partition coefficient (Wildman–Crippen LogP) is 6.83. The van der Waals surface area contributed by atoms with Gasteiger partial charge in [0, 0.05) is 18.5 Å². The number of aliphatic hydroxyl groups is 2. The van der Waals surface area contributed by atoms with Crippen LogP contribution >= 0.6 is 0 Å². The number of rotatable bonds is 7. The van der Waals surface area contributed by atoms with Crippen molar-refractivity contribution >= 4 is 5.97 Å². The molecular formula is C37H55NO4. The highest BCUT2D eigenvalue weighted by atomic mass is 16.4. The fraction of sp³-hybridized carbons (Fsp3) is 0.757. The van der Waals surface area contributed by atoms with Crippen LogP contribution in [0.3, 0.4) is 0 Å². The minimum Gasteiger partial charge on any atom is -0.481 e. The van der Waals surface area contributed by atoms with Crippen molar-refractivity contribution < 1.29 is 20.1 Å². The van der Waals surface area contributed by atoms with E-state index < -0.39 is 22.9 Å². The van der Waals surface area contributed by atoms with Crippen LogP contribution < -0.4 is 5.32 Å². The van der Waals surface area contributed by atoms with Crippen molar-refractivity contribution in [2.45, 2.75) is 105 Å². The summed E-state index contributed by atoms with van der Waals surface area (Å²) >= 11 is 0. The fourth-order valence-corrected chi connectivity index (χ4v) is 12.5. The summed E-state index contributed by atoms with van der Waals surface area (Å²) in [7, 11) is 0. The van der Waals surface area contributed by atoms with E-state index in [0.717, 1.165) is 77.3 Å². The number of nitrogens with one attached hydrogen (secondary N) is 1. The molecule has 0 spiro atoms. The zero-order chi connectivity index (χ0) is 30.1. The normalized spacial score (nSPS) is 48.0. The summed E-state index contributed by atoms with van der Waals surface area (Å²) in [4.78, 5) is 13.1. The first kappa shape index (κ1) is 30.3. The molecule has 0 heterocycles.